The van der Waals surface area contributed by atoms with E-state index in [9.17, 15) is 14.7 Å². The Bertz CT molecular complexity index is 369. The third kappa shape index (κ3) is 3.28. The van der Waals surface area contributed by atoms with Crippen molar-refractivity contribution in [3.63, 3.8) is 0 Å². The predicted octanol–water partition coefficient (Wildman–Crippen LogP) is 1.66. The van der Waals surface area contributed by atoms with Gasteiger partial charge < -0.3 is 15.7 Å². The van der Waals surface area contributed by atoms with Gasteiger partial charge in [0, 0.05) is 17.7 Å². The van der Waals surface area contributed by atoms with E-state index in [1.54, 1.807) is 16.7 Å². The second kappa shape index (κ2) is 6.80. The molecule has 0 bridgehead atoms. The average Bonchev–Trinajstić information content (AvgIpc) is 2.83. The molecule has 1 saturated carbocycles. The summed E-state index contributed by atoms with van der Waals surface area (Å²) in [4.78, 5) is 25.7. The van der Waals surface area contributed by atoms with Gasteiger partial charge in [-0.2, -0.15) is 0 Å². The standard InChI is InChI=1S/C14H24N2O3S/c1-2-3-12-16(11(8-20-12)14(18)19)13(17)9-4-6-10(15)7-5-9/h9-12H,2-8,15H2,1H3,(H,18,19). The van der Waals surface area contributed by atoms with Gasteiger partial charge in [-0.05, 0) is 32.1 Å². The number of carbonyl (C=O) groups excluding carboxylic acids is 1. The van der Waals surface area contributed by atoms with E-state index >= 15 is 0 Å². The van der Waals surface area contributed by atoms with E-state index < -0.39 is 12.0 Å². The maximum absolute atomic E-state index is 12.7. The molecule has 2 aliphatic rings. The van der Waals surface area contributed by atoms with E-state index in [4.69, 9.17) is 5.73 Å². The van der Waals surface area contributed by atoms with Crippen LogP contribution in [-0.4, -0.2) is 45.1 Å². The van der Waals surface area contributed by atoms with Gasteiger partial charge in [0.2, 0.25) is 5.91 Å². The molecule has 0 aromatic rings. The lowest BCUT2D eigenvalue weighted by molar-refractivity contribution is -0.151. The summed E-state index contributed by atoms with van der Waals surface area (Å²) < 4.78 is 0. The monoisotopic (exact) mass is 300 g/mol. The molecule has 1 aliphatic heterocycles. The average molecular weight is 300 g/mol. The highest BCUT2D eigenvalue weighted by molar-refractivity contribution is 8.00. The van der Waals surface area contributed by atoms with E-state index in [1.165, 1.54) is 0 Å². The first-order valence-electron chi connectivity index (χ1n) is 7.46. The molecule has 2 unspecified atom stereocenters. The number of nitrogens with two attached hydrogens (primary N) is 1. The molecular formula is C14H24N2O3S. The van der Waals surface area contributed by atoms with Gasteiger partial charge in [-0.1, -0.05) is 13.3 Å². The molecular weight excluding hydrogens is 276 g/mol. The van der Waals surface area contributed by atoms with Crippen LogP contribution in [0.2, 0.25) is 0 Å². The van der Waals surface area contributed by atoms with Crippen molar-refractivity contribution in [3.8, 4) is 0 Å². The summed E-state index contributed by atoms with van der Waals surface area (Å²) in [5.41, 5.74) is 5.88. The highest BCUT2D eigenvalue weighted by Gasteiger charge is 2.43. The fourth-order valence-electron chi connectivity index (χ4n) is 3.10. The van der Waals surface area contributed by atoms with E-state index in [0.29, 0.717) is 5.75 Å². The summed E-state index contributed by atoms with van der Waals surface area (Å²) in [6.07, 6.45) is 5.16. The lowest BCUT2D eigenvalue weighted by atomic mass is 9.85. The third-order valence-electron chi connectivity index (χ3n) is 4.29. The molecule has 6 heteroatoms. The fourth-order valence-corrected chi connectivity index (χ4v) is 4.62. The minimum absolute atomic E-state index is 0.0317. The largest absolute Gasteiger partial charge is 0.480 e. The van der Waals surface area contributed by atoms with E-state index in [0.717, 1.165) is 38.5 Å². The highest BCUT2D eigenvalue weighted by atomic mass is 32.2. The quantitative estimate of drug-likeness (QED) is 0.825. The number of carboxylic acid groups (broad SMARTS) is 1. The van der Waals surface area contributed by atoms with Crippen LogP contribution >= 0.6 is 11.8 Å². The molecule has 2 rings (SSSR count). The maximum atomic E-state index is 12.7. The summed E-state index contributed by atoms with van der Waals surface area (Å²) in [6.45, 7) is 2.07. The Balaban J connectivity index is 2.08. The molecule has 20 heavy (non-hydrogen) atoms. The predicted molar refractivity (Wildman–Crippen MR) is 79.4 cm³/mol. The molecule has 3 N–H and O–H groups in total. The third-order valence-corrected chi connectivity index (χ3v) is 5.64. The van der Waals surface area contributed by atoms with Crippen molar-refractivity contribution in [2.75, 3.05) is 5.75 Å². The van der Waals surface area contributed by atoms with Gasteiger partial charge in [-0.15, -0.1) is 11.8 Å². The van der Waals surface area contributed by atoms with Gasteiger partial charge in [0.15, 0.2) is 0 Å². The SMILES string of the molecule is CCCC1SCC(C(=O)O)N1C(=O)C1CCC(N)CC1. The molecule has 1 saturated heterocycles. The molecule has 2 atom stereocenters. The van der Waals surface area contributed by atoms with Crippen molar-refractivity contribution in [1.29, 1.82) is 0 Å². The number of thioether (sulfide) groups is 1. The van der Waals surface area contributed by atoms with E-state index in [-0.39, 0.29) is 23.2 Å². The van der Waals surface area contributed by atoms with Gasteiger partial charge >= 0.3 is 5.97 Å². The molecule has 1 aliphatic carbocycles. The Labute approximate surface area is 124 Å². The zero-order valence-corrected chi connectivity index (χ0v) is 12.8. The Morgan fingerprint density at radius 3 is 2.50 bits per heavy atom. The van der Waals surface area contributed by atoms with Crippen LogP contribution in [0.25, 0.3) is 0 Å². The minimum atomic E-state index is -0.878. The van der Waals surface area contributed by atoms with Crippen LogP contribution in [0.3, 0.4) is 0 Å². The number of rotatable bonds is 4. The normalized spacial score (nSPS) is 34.2. The van der Waals surface area contributed by atoms with Crippen molar-refractivity contribution in [1.82, 2.24) is 4.90 Å². The number of aliphatic carboxylic acids is 1. The number of nitrogens with zero attached hydrogens (tertiary/aromatic N) is 1. The zero-order valence-electron chi connectivity index (χ0n) is 12.0. The van der Waals surface area contributed by atoms with Crippen LogP contribution in [0, 0.1) is 5.92 Å². The summed E-state index contributed by atoms with van der Waals surface area (Å²) in [5, 5.41) is 9.36. The summed E-state index contributed by atoms with van der Waals surface area (Å²) >= 11 is 1.60. The van der Waals surface area contributed by atoms with E-state index in [2.05, 4.69) is 6.92 Å². The smallest absolute Gasteiger partial charge is 0.327 e. The van der Waals surface area contributed by atoms with E-state index in [1.807, 2.05) is 0 Å². The number of amides is 1. The van der Waals surface area contributed by atoms with Crippen LogP contribution in [0.4, 0.5) is 0 Å². The molecule has 2 fully saturated rings. The van der Waals surface area contributed by atoms with Crippen LogP contribution in [-0.2, 0) is 9.59 Å². The topological polar surface area (TPSA) is 83.6 Å². The van der Waals surface area contributed by atoms with Crippen molar-refractivity contribution in [3.05, 3.63) is 0 Å². The van der Waals surface area contributed by atoms with Gasteiger partial charge in [0.25, 0.3) is 0 Å². The van der Waals surface area contributed by atoms with Crippen molar-refractivity contribution >= 4 is 23.6 Å². The lowest BCUT2D eigenvalue weighted by Gasteiger charge is -2.33. The van der Waals surface area contributed by atoms with Gasteiger partial charge in [0.1, 0.15) is 6.04 Å². The molecule has 0 aromatic carbocycles. The molecule has 1 heterocycles. The van der Waals surface area contributed by atoms with Crippen molar-refractivity contribution in [2.24, 2.45) is 11.7 Å². The fraction of sp³-hybridized carbons (Fsp3) is 0.857. The number of carbonyl (C=O) groups is 2. The second-order valence-electron chi connectivity index (χ2n) is 5.79. The van der Waals surface area contributed by atoms with Gasteiger partial charge in [0.05, 0.1) is 5.37 Å². The van der Waals surface area contributed by atoms with Crippen LogP contribution < -0.4 is 5.73 Å². The first-order chi connectivity index (χ1) is 9.54. The van der Waals surface area contributed by atoms with Crippen LogP contribution in [0.1, 0.15) is 45.4 Å². The van der Waals surface area contributed by atoms with Gasteiger partial charge in [-0.3, -0.25) is 4.79 Å². The minimum Gasteiger partial charge on any atom is -0.480 e. The molecule has 1 amide bonds. The highest BCUT2D eigenvalue weighted by Crippen LogP contribution is 2.36. The Morgan fingerprint density at radius 1 is 1.30 bits per heavy atom. The lowest BCUT2D eigenvalue weighted by Crippen LogP contribution is -2.49. The second-order valence-corrected chi connectivity index (χ2v) is 7.00. The first-order valence-corrected chi connectivity index (χ1v) is 8.51. The van der Waals surface area contributed by atoms with Crippen molar-refractivity contribution in [2.45, 2.75) is 62.9 Å². The van der Waals surface area contributed by atoms with Crippen LogP contribution in [0.5, 0.6) is 0 Å². The molecule has 5 nitrogen and oxygen atoms in total. The Kier molecular flexibility index (Phi) is 5.32. The van der Waals surface area contributed by atoms with Crippen molar-refractivity contribution < 1.29 is 14.7 Å². The summed E-state index contributed by atoms with van der Waals surface area (Å²) in [7, 11) is 0. The number of hydrogen-bond donors (Lipinski definition) is 2. The van der Waals surface area contributed by atoms with Crippen LogP contribution in [0.15, 0.2) is 0 Å². The molecule has 0 radical (unpaired) electrons. The molecule has 114 valence electrons. The Hall–Kier alpha value is -0.750. The molecule has 0 spiro atoms. The summed E-state index contributed by atoms with van der Waals surface area (Å²) in [6, 6.07) is -0.451. The number of carboxylic acids is 1. The number of hydrogen-bond acceptors (Lipinski definition) is 4. The summed E-state index contributed by atoms with van der Waals surface area (Å²) in [5.74, 6) is -0.364. The van der Waals surface area contributed by atoms with Gasteiger partial charge in [-0.25, -0.2) is 4.79 Å². The zero-order chi connectivity index (χ0) is 14.7. The first kappa shape index (κ1) is 15.6. The molecule has 0 aromatic heterocycles. The Morgan fingerprint density at radius 2 is 1.95 bits per heavy atom. The maximum Gasteiger partial charge on any atom is 0.327 e.